The maximum atomic E-state index is 13.5. The molecular weight excluding hydrogens is 225 g/mol. The van der Waals surface area contributed by atoms with Crippen LogP contribution in [0.5, 0.6) is 0 Å². The summed E-state index contributed by atoms with van der Waals surface area (Å²) in [7, 11) is 0. The van der Waals surface area contributed by atoms with E-state index < -0.39 is 17.8 Å². The van der Waals surface area contributed by atoms with Gasteiger partial charge in [0.1, 0.15) is 12.4 Å². The normalized spacial score (nSPS) is 15.5. The number of hydrogen-bond acceptors (Lipinski definition) is 2. The lowest BCUT2D eigenvalue weighted by molar-refractivity contribution is -0.118. The van der Waals surface area contributed by atoms with Crippen molar-refractivity contribution in [2.24, 2.45) is 5.73 Å². The van der Waals surface area contributed by atoms with Crippen molar-refractivity contribution in [2.45, 2.75) is 0 Å². The summed E-state index contributed by atoms with van der Waals surface area (Å²) in [5.74, 6) is -1.03. The molecule has 0 bridgehead atoms. The molecule has 2 N–H and O–H groups in total. The Labute approximate surface area is 97.6 Å². The van der Waals surface area contributed by atoms with Crippen LogP contribution in [-0.4, -0.2) is 36.5 Å². The molecule has 0 radical (unpaired) electrons. The fourth-order valence-electron chi connectivity index (χ4n) is 1.81. The van der Waals surface area contributed by atoms with Crippen LogP contribution in [0.15, 0.2) is 24.3 Å². The maximum Gasteiger partial charge on any atom is 0.325 e. The summed E-state index contributed by atoms with van der Waals surface area (Å²) in [4.78, 5) is 25.2. The topological polar surface area (TPSA) is 66.6 Å². The van der Waals surface area contributed by atoms with Crippen LogP contribution in [-0.2, 0) is 4.79 Å². The van der Waals surface area contributed by atoms with Gasteiger partial charge < -0.3 is 10.6 Å². The van der Waals surface area contributed by atoms with E-state index in [9.17, 15) is 14.0 Å². The molecule has 1 fully saturated rings. The molecule has 5 nitrogen and oxygen atoms in total. The number of amides is 3. The van der Waals surface area contributed by atoms with Gasteiger partial charge in [0.2, 0.25) is 5.91 Å². The molecule has 0 aromatic heterocycles. The van der Waals surface area contributed by atoms with E-state index in [-0.39, 0.29) is 12.2 Å². The largest absolute Gasteiger partial charge is 0.368 e. The monoisotopic (exact) mass is 237 g/mol. The van der Waals surface area contributed by atoms with Gasteiger partial charge in [-0.2, -0.15) is 0 Å². The Balaban J connectivity index is 2.18. The first kappa shape index (κ1) is 11.4. The lowest BCUT2D eigenvalue weighted by Gasteiger charge is -2.17. The minimum absolute atomic E-state index is 0.135. The van der Waals surface area contributed by atoms with Crippen LogP contribution in [0, 0.1) is 5.82 Å². The number of rotatable bonds is 3. The third kappa shape index (κ3) is 2.20. The molecule has 0 unspecified atom stereocenters. The third-order valence-corrected chi connectivity index (χ3v) is 2.58. The standard InChI is InChI=1S/C11H12FN3O2/c12-8-3-1-2-4-9(8)15-6-5-14(11(15)17)7-10(13)16/h1-4H,5-7H2,(H2,13,16). The predicted octanol–water partition coefficient (Wildman–Crippen LogP) is 0.553. The van der Waals surface area contributed by atoms with E-state index in [1.807, 2.05) is 0 Å². The van der Waals surface area contributed by atoms with Crippen LogP contribution >= 0.6 is 0 Å². The number of para-hydroxylation sites is 1. The first-order valence-electron chi connectivity index (χ1n) is 5.19. The molecule has 1 saturated heterocycles. The Bertz CT molecular complexity index is 464. The minimum Gasteiger partial charge on any atom is -0.368 e. The van der Waals surface area contributed by atoms with Gasteiger partial charge in [0, 0.05) is 13.1 Å². The molecule has 0 atom stereocenters. The summed E-state index contributed by atoms with van der Waals surface area (Å²) < 4.78 is 13.5. The second-order valence-electron chi connectivity index (χ2n) is 3.77. The number of urea groups is 1. The van der Waals surface area contributed by atoms with E-state index in [4.69, 9.17) is 5.73 Å². The average molecular weight is 237 g/mol. The quantitative estimate of drug-likeness (QED) is 0.834. The van der Waals surface area contributed by atoms with E-state index in [2.05, 4.69) is 0 Å². The first-order chi connectivity index (χ1) is 8.09. The Kier molecular flexibility index (Phi) is 2.95. The number of nitrogens with two attached hydrogens (primary N) is 1. The van der Waals surface area contributed by atoms with Crippen molar-refractivity contribution in [3.63, 3.8) is 0 Å². The summed E-state index contributed by atoms with van der Waals surface area (Å²) >= 11 is 0. The van der Waals surface area contributed by atoms with Gasteiger partial charge in [0.25, 0.3) is 0 Å². The van der Waals surface area contributed by atoms with Gasteiger partial charge in [-0.3, -0.25) is 9.69 Å². The highest BCUT2D eigenvalue weighted by Crippen LogP contribution is 2.22. The number of benzene rings is 1. The molecule has 0 spiro atoms. The van der Waals surface area contributed by atoms with Gasteiger partial charge >= 0.3 is 6.03 Å². The molecule has 1 aliphatic rings. The maximum absolute atomic E-state index is 13.5. The molecule has 6 heteroatoms. The number of hydrogen-bond donors (Lipinski definition) is 1. The Hall–Kier alpha value is -2.11. The zero-order chi connectivity index (χ0) is 12.4. The fraction of sp³-hybridized carbons (Fsp3) is 0.273. The molecule has 2 rings (SSSR count). The number of carbonyl (C=O) groups is 2. The minimum atomic E-state index is -0.575. The Morgan fingerprint density at radius 2 is 2.06 bits per heavy atom. The molecule has 0 aliphatic carbocycles. The van der Waals surface area contributed by atoms with Gasteiger partial charge in [0.05, 0.1) is 5.69 Å². The summed E-state index contributed by atoms with van der Waals surface area (Å²) in [5, 5.41) is 0. The van der Waals surface area contributed by atoms with Crippen molar-refractivity contribution in [1.82, 2.24) is 4.90 Å². The van der Waals surface area contributed by atoms with Gasteiger partial charge in [-0.1, -0.05) is 12.1 Å². The van der Waals surface area contributed by atoms with Crippen LogP contribution in [0.1, 0.15) is 0 Å². The molecule has 1 heterocycles. The number of carbonyl (C=O) groups excluding carboxylic acids is 2. The van der Waals surface area contributed by atoms with Crippen molar-refractivity contribution >= 4 is 17.6 Å². The molecular formula is C11H12FN3O2. The fourth-order valence-corrected chi connectivity index (χ4v) is 1.81. The zero-order valence-electron chi connectivity index (χ0n) is 9.10. The molecule has 17 heavy (non-hydrogen) atoms. The van der Waals surface area contributed by atoms with Crippen LogP contribution in [0.25, 0.3) is 0 Å². The van der Waals surface area contributed by atoms with Crippen molar-refractivity contribution in [3.8, 4) is 0 Å². The number of primary amides is 1. The third-order valence-electron chi connectivity index (χ3n) is 2.58. The van der Waals surface area contributed by atoms with Gasteiger partial charge in [-0.15, -0.1) is 0 Å². The van der Waals surface area contributed by atoms with Crippen molar-refractivity contribution in [2.75, 3.05) is 24.5 Å². The number of anilines is 1. The van der Waals surface area contributed by atoms with Gasteiger partial charge in [-0.25, -0.2) is 9.18 Å². The predicted molar refractivity (Wildman–Crippen MR) is 59.9 cm³/mol. The first-order valence-corrected chi connectivity index (χ1v) is 5.19. The SMILES string of the molecule is NC(=O)CN1CCN(c2ccccc2F)C1=O. The Morgan fingerprint density at radius 3 is 2.71 bits per heavy atom. The van der Waals surface area contributed by atoms with Crippen LogP contribution in [0.2, 0.25) is 0 Å². The zero-order valence-corrected chi connectivity index (χ0v) is 9.10. The van der Waals surface area contributed by atoms with E-state index in [0.717, 1.165) is 0 Å². The van der Waals surface area contributed by atoms with E-state index in [1.165, 1.54) is 21.9 Å². The summed E-state index contributed by atoms with van der Waals surface area (Å²) in [6.45, 7) is 0.590. The highest BCUT2D eigenvalue weighted by Gasteiger charge is 2.31. The lowest BCUT2D eigenvalue weighted by atomic mass is 10.3. The molecule has 3 amide bonds. The number of halogens is 1. The highest BCUT2D eigenvalue weighted by atomic mass is 19.1. The lowest BCUT2D eigenvalue weighted by Crippen LogP contribution is -2.37. The van der Waals surface area contributed by atoms with Crippen molar-refractivity contribution in [1.29, 1.82) is 0 Å². The van der Waals surface area contributed by atoms with E-state index >= 15 is 0 Å². The van der Waals surface area contributed by atoms with Gasteiger partial charge in [-0.05, 0) is 12.1 Å². The van der Waals surface area contributed by atoms with E-state index in [0.29, 0.717) is 13.1 Å². The second-order valence-corrected chi connectivity index (χ2v) is 3.77. The molecule has 1 aromatic carbocycles. The smallest absolute Gasteiger partial charge is 0.325 e. The van der Waals surface area contributed by atoms with E-state index in [1.54, 1.807) is 12.1 Å². The molecule has 90 valence electrons. The molecule has 0 saturated carbocycles. The summed E-state index contributed by atoms with van der Waals surface area (Å²) in [5.41, 5.74) is 5.25. The van der Waals surface area contributed by atoms with Crippen LogP contribution < -0.4 is 10.6 Å². The summed E-state index contributed by atoms with van der Waals surface area (Å²) in [6.07, 6.45) is 0. The van der Waals surface area contributed by atoms with Crippen LogP contribution in [0.4, 0.5) is 14.9 Å². The second kappa shape index (κ2) is 4.40. The van der Waals surface area contributed by atoms with Gasteiger partial charge in [0.15, 0.2) is 0 Å². The van der Waals surface area contributed by atoms with Crippen LogP contribution in [0.3, 0.4) is 0 Å². The highest BCUT2D eigenvalue weighted by molar-refractivity contribution is 5.96. The molecule has 1 aliphatic heterocycles. The number of nitrogens with zero attached hydrogens (tertiary/aromatic N) is 2. The van der Waals surface area contributed by atoms with Crippen molar-refractivity contribution < 1.29 is 14.0 Å². The molecule has 1 aromatic rings. The Morgan fingerprint density at radius 1 is 1.35 bits per heavy atom. The average Bonchev–Trinajstić information content (AvgIpc) is 2.61. The van der Waals surface area contributed by atoms with Crippen molar-refractivity contribution in [3.05, 3.63) is 30.1 Å². The summed E-state index contributed by atoms with van der Waals surface area (Å²) in [6, 6.07) is 5.64.